The fourth-order valence-electron chi connectivity index (χ4n) is 1.08. The first-order valence-electron chi connectivity index (χ1n) is 5.10. The summed E-state index contributed by atoms with van der Waals surface area (Å²) < 4.78 is 20.0. The van der Waals surface area contributed by atoms with Crippen LogP contribution in [0, 0.1) is 5.92 Å². The summed E-state index contributed by atoms with van der Waals surface area (Å²) in [7, 11) is 0. The molecule has 2 atom stereocenters. The van der Waals surface area contributed by atoms with E-state index in [2.05, 4.69) is 0 Å². The van der Waals surface area contributed by atoms with Crippen LogP contribution >= 0.6 is 0 Å². The molecule has 1 unspecified atom stereocenters. The molecule has 92 valence electrons. The highest BCUT2D eigenvalue weighted by atomic mass is 16.8. The first-order chi connectivity index (χ1) is 7.49. The number of esters is 2. The van der Waals surface area contributed by atoms with E-state index >= 15 is 0 Å². The summed E-state index contributed by atoms with van der Waals surface area (Å²) in [5, 5.41) is 0. The third-order valence-corrected chi connectivity index (χ3v) is 1.85. The summed E-state index contributed by atoms with van der Waals surface area (Å²) >= 11 is 0. The van der Waals surface area contributed by atoms with Crippen molar-refractivity contribution in [3.63, 3.8) is 0 Å². The van der Waals surface area contributed by atoms with Crippen LogP contribution in [0.2, 0.25) is 0 Å². The van der Waals surface area contributed by atoms with Crippen LogP contribution in [0.25, 0.3) is 0 Å². The lowest BCUT2D eigenvalue weighted by Gasteiger charge is -2.12. The minimum absolute atomic E-state index is 0.00871. The third kappa shape index (κ3) is 4.16. The Kier molecular flexibility index (Phi) is 4.70. The van der Waals surface area contributed by atoms with Crippen molar-refractivity contribution in [2.45, 2.75) is 33.4 Å². The van der Waals surface area contributed by atoms with Crippen molar-refractivity contribution in [2.75, 3.05) is 13.2 Å². The lowest BCUT2D eigenvalue weighted by molar-refractivity contribution is -0.184. The van der Waals surface area contributed by atoms with E-state index < -0.39 is 18.5 Å². The van der Waals surface area contributed by atoms with Crippen LogP contribution in [0.15, 0.2) is 0 Å². The Balaban J connectivity index is 2.21. The molecule has 0 aromatic carbocycles. The molecule has 0 radical (unpaired) electrons. The molecule has 1 fully saturated rings. The van der Waals surface area contributed by atoms with Crippen molar-refractivity contribution in [3.05, 3.63) is 0 Å². The summed E-state index contributed by atoms with van der Waals surface area (Å²) in [6.45, 7) is 4.93. The number of rotatable bonds is 4. The standard InChI is InChI=1S/C10H16O6/c1-6(2)10(12)14-4-8-13-5-9(16-8)15-7(3)11/h6,8-9H,4-5H2,1-3H3/t8?,9-/m1/s1. The Morgan fingerprint density at radius 1 is 1.44 bits per heavy atom. The molecule has 0 aliphatic carbocycles. The van der Waals surface area contributed by atoms with Gasteiger partial charge in [-0.2, -0.15) is 0 Å². The average molecular weight is 232 g/mol. The van der Waals surface area contributed by atoms with Gasteiger partial charge in [0.05, 0.1) is 5.92 Å². The minimum atomic E-state index is -0.708. The average Bonchev–Trinajstić information content (AvgIpc) is 2.60. The molecule has 1 rings (SSSR count). The molecule has 0 saturated carbocycles. The molecule has 0 N–H and O–H groups in total. The molecule has 1 heterocycles. The van der Waals surface area contributed by atoms with Gasteiger partial charge in [0.2, 0.25) is 6.29 Å². The largest absolute Gasteiger partial charge is 0.460 e. The molecule has 6 heteroatoms. The first kappa shape index (κ1) is 12.9. The van der Waals surface area contributed by atoms with Crippen LogP contribution in [0.3, 0.4) is 0 Å². The smallest absolute Gasteiger partial charge is 0.308 e. The topological polar surface area (TPSA) is 71.1 Å². The molecule has 6 nitrogen and oxygen atoms in total. The quantitative estimate of drug-likeness (QED) is 0.655. The van der Waals surface area contributed by atoms with E-state index in [1.165, 1.54) is 6.92 Å². The molecule has 1 saturated heterocycles. The molecule has 16 heavy (non-hydrogen) atoms. The van der Waals surface area contributed by atoms with Gasteiger partial charge in [0.15, 0.2) is 6.29 Å². The van der Waals surface area contributed by atoms with Gasteiger partial charge >= 0.3 is 11.9 Å². The van der Waals surface area contributed by atoms with Crippen molar-refractivity contribution >= 4 is 11.9 Å². The molecular weight excluding hydrogens is 216 g/mol. The Hall–Kier alpha value is -1.14. The molecular formula is C10H16O6. The fraction of sp³-hybridized carbons (Fsp3) is 0.800. The van der Waals surface area contributed by atoms with Gasteiger partial charge in [-0.15, -0.1) is 0 Å². The maximum absolute atomic E-state index is 11.1. The van der Waals surface area contributed by atoms with Gasteiger partial charge in [-0.25, -0.2) is 0 Å². The Morgan fingerprint density at radius 3 is 2.69 bits per heavy atom. The minimum Gasteiger partial charge on any atom is -0.460 e. The molecule has 1 aliphatic rings. The predicted octanol–water partition coefficient (Wildman–Crippen LogP) is 0.448. The van der Waals surface area contributed by atoms with Crippen LogP contribution in [0.5, 0.6) is 0 Å². The Morgan fingerprint density at radius 2 is 2.12 bits per heavy atom. The molecule has 0 aromatic rings. The predicted molar refractivity (Wildman–Crippen MR) is 52.2 cm³/mol. The second kappa shape index (κ2) is 5.81. The van der Waals surface area contributed by atoms with Crippen molar-refractivity contribution in [1.29, 1.82) is 0 Å². The number of hydrogen-bond donors (Lipinski definition) is 0. The highest BCUT2D eigenvalue weighted by Gasteiger charge is 2.29. The lowest BCUT2D eigenvalue weighted by Crippen LogP contribution is -2.24. The van der Waals surface area contributed by atoms with Gasteiger partial charge in [-0.05, 0) is 0 Å². The highest BCUT2D eigenvalue weighted by Crippen LogP contribution is 2.13. The maximum atomic E-state index is 11.1. The van der Waals surface area contributed by atoms with Crippen molar-refractivity contribution < 1.29 is 28.5 Å². The monoisotopic (exact) mass is 232 g/mol. The summed E-state index contributed by atoms with van der Waals surface area (Å²) in [5.74, 6) is -0.942. The van der Waals surface area contributed by atoms with Gasteiger partial charge in [0.1, 0.15) is 13.2 Å². The molecule has 0 aromatic heterocycles. The van der Waals surface area contributed by atoms with Crippen LogP contribution < -0.4 is 0 Å². The normalized spacial score (nSPS) is 24.5. The van der Waals surface area contributed by atoms with E-state index in [9.17, 15) is 9.59 Å². The summed E-state index contributed by atoms with van der Waals surface area (Å²) in [4.78, 5) is 21.8. The van der Waals surface area contributed by atoms with Crippen molar-refractivity contribution in [1.82, 2.24) is 0 Å². The lowest BCUT2D eigenvalue weighted by atomic mass is 10.2. The molecule has 1 aliphatic heterocycles. The molecule has 0 amide bonds. The van der Waals surface area contributed by atoms with Crippen molar-refractivity contribution in [2.24, 2.45) is 5.92 Å². The summed E-state index contributed by atoms with van der Waals surface area (Å²) in [5.41, 5.74) is 0. The van der Waals surface area contributed by atoms with Gasteiger partial charge in [0, 0.05) is 6.92 Å². The second-order valence-corrected chi connectivity index (χ2v) is 3.72. The van der Waals surface area contributed by atoms with E-state index in [4.69, 9.17) is 18.9 Å². The first-order valence-corrected chi connectivity index (χ1v) is 5.10. The Bertz CT molecular complexity index is 262. The van der Waals surface area contributed by atoms with E-state index in [-0.39, 0.29) is 25.1 Å². The summed E-state index contributed by atoms with van der Waals surface area (Å²) in [6, 6.07) is 0. The van der Waals surface area contributed by atoms with Gasteiger partial charge < -0.3 is 18.9 Å². The van der Waals surface area contributed by atoms with Gasteiger partial charge in [-0.3, -0.25) is 9.59 Å². The zero-order valence-electron chi connectivity index (χ0n) is 9.60. The SMILES string of the molecule is CC(=O)O[C@H]1COC(COC(=O)C(C)C)O1. The highest BCUT2D eigenvalue weighted by molar-refractivity contribution is 5.71. The number of carbonyl (C=O) groups is 2. The number of carbonyl (C=O) groups excluding carboxylic acids is 2. The van der Waals surface area contributed by atoms with Gasteiger partial charge in [-0.1, -0.05) is 13.8 Å². The van der Waals surface area contributed by atoms with Crippen molar-refractivity contribution in [3.8, 4) is 0 Å². The van der Waals surface area contributed by atoms with E-state index in [0.29, 0.717) is 0 Å². The fourth-order valence-corrected chi connectivity index (χ4v) is 1.08. The third-order valence-electron chi connectivity index (χ3n) is 1.85. The van der Waals surface area contributed by atoms with Crippen LogP contribution in [-0.4, -0.2) is 37.7 Å². The van der Waals surface area contributed by atoms with Crippen LogP contribution in [-0.2, 0) is 28.5 Å². The number of hydrogen-bond acceptors (Lipinski definition) is 6. The van der Waals surface area contributed by atoms with Crippen LogP contribution in [0.1, 0.15) is 20.8 Å². The van der Waals surface area contributed by atoms with Crippen LogP contribution in [0.4, 0.5) is 0 Å². The van der Waals surface area contributed by atoms with Gasteiger partial charge in [0.25, 0.3) is 0 Å². The molecule has 0 bridgehead atoms. The van der Waals surface area contributed by atoms with E-state index in [1.54, 1.807) is 13.8 Å². The zero-order chi connectivity index (χ0) is 12.1. The Labute approximate surface area is 93.8 Å². The second-order valence-electron chi connectivity index (χ2n) is 3.72. The van der Waals surface area contributed by atoms with E-state index in [0.717, 1.165) is 0 Å². The zero-order valence-corrected chi connectivity index (χ0v) is 9.60. The summed E-state index contributed by atoms with van der Waals surface area (Å²) in [6.07, 6.45) is -1.37. The number of ether oxygens (including phenoxy) is 4. The molecule has 0 spiro atoms. The van der Waals surface area contributed by atoms with E-state index in [1.807, 2.05) is 0 Å². The maximum Gasteiger partial charge on any atom is 0.308 e.